The highest BCUT2D eigenvalue weighted by Gasteiger charge is 2.59. The molecule has 5 atom stereocenters. The second kappa shape index (κ2) is 8.12. The molecule has 5 N–H and O–H groups in total. The molecule has 2 heterocycles. The van der Waals surface area contributed by atoms with Crippen LogP contribution in [0.25, 0.3) is 0 Å². The number of fused-ring (bicyclic) bond motifs is 2. The zero-order chi connectivity index (χ0) is 20.6. The first-order valence-corrected chi connectivity index (χ1v) is 9.86. The number of hydrogen-bond acceptors (Lipinski definition) is 7. The van der Waals surface area contributed by atoms with Crippen LogP contribution < -0.4 is 5.90 Å². The molecule has 2 aliphatic rings. The van der Waals surface area contributed by atoms with Crippen molar-refractivity contribution in [3.05, 3.63) is 70.3 Å². The molecule has 0 aromatic heterocycles. The fraction of sp³-hybridized carbons (Fsp3) is 0.455. The Morgan fingerprint density at radius 3 is 2.41 bits per heavy atom. The topological polar surface area (TPSA) is 114 Å². The lowest BCUT2D eigenvalue weighted by molar-refractivity contribution is -0.376. The smallest absolute Gasteiger partial charge is 0.228 e. The van der Waals surface area contributed by atoms with E-state index in [4.69, 9.17) is 20.2 Å². The maximum absolute atomic E-state index is 10.5. The zero-order valence-electron chi connectivity index (χ0n) is 16.3. The van der Waals surface area contributed by atoms with Crippen molar-refractivity contribution in [2.75, 3.05) is 6.61 Å². The first kappa shape index (κ1) is 20.4. The van der Waals surface area contributed by atoms with Crippen LogP contribution in [0.5, 0.6) is 0 Å². The van der Waals surface area contributed by atoms with E-state index in [0.717, 1.165) is 24.0 Å². The molecule has 1 spiro atoms. The molecule has 2 aromatic carbocycles. The summed E-state index contributed by atoms with van der Waals surface area (Å²) in [7, 11) is 0. The lowest BCUT2D eigenvalue weighted by Gasteiger charge is -2.47. The maximum Gasteiger partial charge on any atom is 0.228 e. The van der Waals surface area contributed by atoms with E-state index in [2.05, 4.69) is 31.2 Å². The van der Waals surface area contributed by atoms with Crippen molar-refractivity contribution in [3.8, 4) is 0 Å². The lowest BCUT2D eigenvalue weighted by Crippen LogP contribution is -2.64. The van der Waals surface area contributed by atoms with E-state index < -0.39 is 36.8 Å². The van der Waals surface area contributed by atoms with Crippen LogP contribution in [0.4, 0.5) is 0 Å². The van der Waals surface area contributed by atoms with Gasteiger partial charge in [-0.2, -0.15) is 0 Å². The van der Waals surface area contributed by atoms with Crippen molar-refractivity contribution in [2.24, 2.45) is 5.90 Å². The minimum Gasteiger partial charge on any atom is -0.394 e. The van der Waals surface area contributed by atoms with Gasteiger partial charge < -0.3 is 24.8 Å². The molecule has 1 fully saturated rings. The highest BCUT2D eigenvalue weighted by atomic mass is 16.8. The number of aryl methyl sites for hydroxylation is 1. The lowest BCUT2D eigenvalue weighted by atomic mass is 9.86. The molecule has 7 nitrogen and oxygen atoms in total. The van der Waals surface area contributed by atoms with E-state index >= 15 is 0 Å². The third-order valence-corrected chi connectivity index (χ3v) is 5.90. The van der Waals surface area contributed by atoms with Crippen molar-refractivity contribution in [2.45, 2.75) is 56.6 Å². The van der Waals surface area contributed by atoms with Gasteiger partial charge in [-0.15, -0.1) is 0 Å². The van der Waals surface area contributed by atoms with E-state index in [1.54, 1.807) is 0 Å². The summed E-state index contributed by atoms with van der Waals surface area (Å²) in [5.41, 5.74) is 5.09. The van der Waals surface area contributed by atoms with E-state index in [-0.39, 0.29) is 6.61 Å². The van der Waals surface area contributed by atoms with Gasteiger partial charge in [-0.05, 0) is 41.2 Å². The summed E-state index contributed by atoms with van der Waals surface area (Å²) in [5, 5.41) is 30.3. The zero-order valence-corrected chi connectivity index (χ0v) is 16.3. The van der Waals surface area contributed by atoms with Crippen LogP contribution in [0.3, 0.4) is 0 Å². The van der Waals surface area contributed by atoms with Crippen molar-refractivity contribution in [3.63, 3.8) is 0 Å². The molecule has 1 saturated heterocycles. The Morgan fingerprint density at radius 1 is 1.07 bits per heavy atom. The van der Waals surface area contributed by atoms with Crippen molar-refractivity contribution in [1.29, 1.82) is 0 Å². The van der Waals surface area contributed by atoms with Crippen LogP contribution in [0.1, 0.15) is 34.7 Å². The largest absolute Gasteiger partial charge is 0.394 e. The SMILES string of the molecule is CCc1ccc(Cc2ccc3c(c2)[C@]2(OC3)O[C@H](CO)[C@@H](O)[C@H](O)[C@H]2ON)cc1. The average molecular weight is 401 g/mol. The van der Waals surface area contributed by atoms with Gasteiger partial charge in [-0.25, -0.2) is 5.90 Å². The highest BCUT2D eigenvalue weighted by molar-refractivity contribution is 5.41. The van der Waals surface area contributed by atoms with Crippen molar-refractivity contribution < 1.29 is 29.6 Å². The maximum atomic E-state index is 10.5. The van der Waals surface area contributed by atoms with Crippen LogP contribution in [0, 0.1) is 0 Å². The van der Waals surface area contributed by atoms with Gasteiger partial charge >= 0.3 is 0 Å². The summed E-state index contributed by atoms with van der Waals surface area (Å²) in [6.45, 7) is 1.90. The predicted molar refractivity (Wildman–Crippen MR) is 105 cm³/mol. The molecule has 4 rings (SSSR count). The summed E-state index contributed by atoms with van der Waals surface area (Å²) >= 11 is 0. The molecular formula is C22H27NO6. The average Bonchev–Trinajstić information content (AvgIpc) is 3.10. The van der Waals surface area contributed by atoms with Crippen LogP contribution in [-0.2, 0) is 39.5 Å². The van der Waals surface area contributed by atoms with E-state index in [1.165, 1.54) is 11.1 Å². The molecule has 0 aliphatic carbocycles. The first-order chi connectivity index (χ1) is 14.0. The molecule has 7 heteroatoms. The normalized spacial score (nSPS) is 31.2. The Bertz CT molecular complexity index is 857. The molecule has 0 unspecified atom stereocenters. The molecule has 2 aromatic rings. The highest BCUT2D eigenvalue weighted by Crippen LogP contribution is 2.47. The van der Waals surface area contributed by atoms with Gasteiger partial charge in [0.1, 0.15) is 18.3 Å². The monoisotopic (exact) mass is 401 g/mol. The van der Waals surface area contributed by atoms with E-state index in [0.29, 0.717) is 5.56 Å². The molecule has 0 amide bonds. The van der Waals surface area contributed by atoms with Crippen LogP contribution in [0.2, 0.25) is 0 Å². The molecular weight excluding hydrogens is 374 g/mol. The summed E-state index contributed by atoms with van der Waals surface area (Å²) in [6.07, 6.45) is -3.16. The van der Waals surface area contributed by atoms with Gasteiger partial charge in [-0.1, -0.05) is 43.3 Å². The van der Waals surface area contributed by atoms with E-state index in [1.807, 2.05) is 18.2 Å². The number of ether oxygens (including phenoxy) is 2. The predicted octanol–water partition coefficient (Wildman–Crippen LogP) is 0.895. The third-order valence-electron chi connectivity index (χ3n) is 5.90. The molecule has 0 radical (unpaired) electrons. The van der Waals surface area contributed by atoms with Crippen LogP contribution >= 0.6 is 0 Å². The van der Waals surface area contributed by atoms with Gasteiger partial charge in [-0.3, -0.25) is 4.84 Å². The molecule has 29 heavy (non-hydrogen) atoms. The minimum absolute atomic E-state index is 0.252. The van der Waals surface area contributed by atoms with Gasteiger partial charge in [0.2, 0.25) is 5.79 Å². The Kier molecular flexibility index (Phi) is 5.72. The summed E-state index contributed by atoms with van der Waals surface area (Å²) in [6, 6.07) is 14.4. The number of aliphatic hydroxyl groups excluding tert-OH is 3. The second-order valence-corrected chi connectivity index (χ2v) is 7.67. The number of benzene rings is 2. The van der Waals surface area contributed by atoms with Crippen molar-refractivity contribution in [1.82, 2.24) is 0 Å². The minimum atomic E-state index is -1.49. The second-order valence-electron chi connectivity index (χ2n) is 7.67. The van der Waals surface area contributed by atoms with Crippen LogP contribution in [0.15, 0.2) is 42.5 Å². The molecule has 0 bridgehead atoms. The van der Waals surface area contributed by atoms with E-state index in [9.17, 15) is 15.3 Å². The summed E-state index contributed by atoms with van der Waals surface area (Å²) in [4.78, 5) is 5.00. The van der Waals surface area contributed by atoms with Gasteiger partial charge in [0.25, 0.3) is 0 Å². The Balaban J connectivity index is 1.68. The Labute approximate surface area is 169 Å². The number of hydrogen-bond donors (Lipinski definition) is 4. The Hall–Kier alpha value is -1.84. The number of aliphatic hydroxyl groups is 3. The first-order valence-electron chi connectivity index (χ1n) is 9.86. The van der Waals surface area contributed by atoms with Gasteiger partial charge in [0.05, 0.1) is 13.2 Å². The number of rotatable bonds is 5. The Morgan fingerprint density at radius 2 is 1.76 bits per heavy atom. The fourth-order valence-electron chi connectivity index (χ4n) is 4.21. The third kappa shape index (κ3) is 3.49. The van der Waals surface area contributed by atoms with Crippen LogP contribution in [-0.4, -0.2) is 46.3 Å². The standard InChI is InChI=1S/C22H27NO6/c1-2-13-3-5-14(6-4-13)9-15-7-8-16-12-27-22(17(16)10-15)21(29-23)20(26)19(25)18(11-24)28-22/h3-8,10,18-21,24-26H,2,9,11-12,23H2,1H3/t18-,19-,20+,21-,22+/m1/s1. The van der Waals surface area contributed by atoms with Gasteiger partial charge in [0, 0.05) is 5.56 Å². The van der Waals surface area contributed by atoms with Gasteiger partial charge in [0.15, 0.2) is 6.10 Å². The summed E-state index contributed by atoms with van der Waals surface area (Å²) < 4.78 is 11.9. The summed E-state index contributed by atoms with van der Waals surface area (Å²) in [5.74, 6) is 3.96. The molecule has 0 saturated carbocycles. The molecule has 156 valence electrons. The molecule has 2 aliphatic heterocycles. The quantitative estimate of drug-likeness (QED) is 0.550. The fourth-order valence-corrected chi connectivity index (χ4v) is 4.21. The van der Waals surface area contributed by atoms with Crippen molar-refractivity contribution >= 4 is 0 Å². The number of nitrogens with two attached hydrogens (primary N) is 1.